The van der Waals surface area contributed by atoms with Crippen molar-refractivity contribution in [3.63, 3.8) is 0 Å². The smallest absolute Gasteiger partial charge is 0.321 e. The van der Waals surface area contributed by atoms with E-state index in [1.807, 2.05) is 96.2 Å². The SMILES string of the molecule is Cc1ccccc1NC(=O)N1CCCN(c2nc(Cc3ccccc3)nc3c2c(C)nn3-c2ccccc2)CC1. The first kappa shape index (κ1) is 25.6. The second-order valence-electron chi connectivity index (χ2n) is 10.2. The Bertz CT molecular complexity index is 1630. The number of carbonyl (C=O) groups excluding carboxylic acids is 1. The van der Waals surface area contributed by atoms with E-state index < -0.39 is 0 Å². The lowest BCUT2D eigenvalue weighted by Crippen LogP contribution is -2.38. The van der Waals surface area contributed by atoms with Crippen molar-refractivity contribution in [2.45, 2.75) is 26.7 Å². The topological polar surface area (TPSA) is 79.2 Å². The van der Waals surface area contributed by atoms with Crippen LogP contribution in [0.5, 0.6) is 0 Å². The van der Waals surface area contributed by atoms with Crippen molar-refractivity contribution in [3.8, 4) is 5.69 Å². The van der Waals surface area contributed by atoms with Crippen LogP contribution in [-0.4, -0.2) is 56.9 Å². The number of anilines is 2. The highest BCUT2D eigenvalue weighted by atomic mass is 16.2. The van der Waals surface area contributed by atoms with Gasteiger partial charge in [-0.05, 0) is 49.6 Å². The summed E-state index contributed by atoms with van der Waals surface area (Å²) in [6.45, 7) is 6.77. The average Bonchev–Trinajstić information content (AvgIpc) is 3.14. The summed E-state index contributed by atoms with van der Waals surface area (Å²) < 4.78 is 1.92. The molecule has 6 rings (SSSR count). The van der Waals surface area contributed by atoms with E-state index in [4.69, 9.17) is 15.1 Å². The van der Waals surface area contributed by atoms with Crippen molar-refractivity contribution < 1.29 is 4.79 Å². The molecule has 2 aromatic heterocycles. The Morgan fingerprint density at radius 3 is 2.33 bits per heavy atom. The van der Waals surface area contributed by atoms with Crippen LogP contribution < -0.4 is 10.2 Å². The van der Waals surface area contributed by atoms with Gasteiger partial charge in [-0.25, -0.2) is 19.4 Å². The van der Waals surface area contributed by atoms with Crippen LogP contribution in [0.4, 0.5) is 16.3 Å². The predicted octanol–water partition coefficient (Wildman–Crippen LogP) is 5.77. The van der Waals surface area contributed by atoms with Crippen LogP contribution in [0.25, 0.3) is 16.7 Å². The number of nitrogens with one attached hydrogen (secondary N) is 1. The van der Waals surface area contributed by atoms with Gasteiger partial charge in [0, 0.05) is 38.3 Å². The highest BCUT2D eigenvalue weighted by Crippen LogP contribution is 2.30. The van der Waals surface area contributed by atoms with Crippen molar-refractivity contribution in [2.24, 2.45) is 0 Å². The standard InChI is InChI=1S/C32H33N7O/c1-23-12-9-10-17-27(23)33-32(40)38-19-11-18-37(20-21-38)30-29-24(2)36-39(26-15-7-4-8-16-26)31(29)35-28(34-30)22-25-13-5-3-6-14-25/h3-10,12-17H,11,18-22H2,1-2H3,(H,33,40). The Balaban J connectivity index is 1.33. The molecule has 0 aliphatic carbocycles. The summed E-state index contributed by atoms with van der Waals surface area (Å²) in [6.07, 6.45) is 1.47. The average molecular weight is 532 g/mol. The number of hydrogen-bond acceptors (Lipinski definition) is 5. The molecule has 1 fully saturated rings. The third-order valence-electron chi connectivity index (χ3n) is 7.40. The molecule has 0 radical (unpaired) electrons. The number of aromatic nitrogens is 4. The molecule has 0 atom stereocenters. The Hall–Kier alpha value is -4.72. The van der Waals surface area contributed by atoms with Gasteiger partial charge in [0.2, 0.25) is 0 Å². The third-order valence-corrected chi connectivity index (χ3v) is 7.40. The zero-order chi connectivity index (χ0) is 27.5. The summed E-state index contributed by atoms with van der Waals surface area (Å²) >= 11 is 0. The molecule has 0 saturated carbocycles. The second kappa shape index (κ2) is 11.2. The lowest BCUT2D eigenvalue weighted by atomic mass is 10.1. The van der Waals surface area contributed by atoms with Crippen LogP contribution in [0.2, 0.25) is 0 Å². The molecule has 40 heavy (non-hydrogen) atoms. The second-order valence-corrected chi connectivity index (χ2v) is 10.2. The van der Waals surface area contributed by atoms with Crippen LogP contribution in [0.3, 0.4) is 0 Å². The Labute approximate surface area is 234 Å². The summed E-state index contributed by atoms with van der Waals surface area (Å²) in [5, 5.41) is 8.94. The minimum Gasteiger partial charge on any atom is -0.354 e. The molecule has 0 bridgehead atoms. The fourth-order valence-electron chi connectivity index (χ4n) is 5.28. The number of aryl methyl sites for hydroxylation is 2. The van der Waals surface area contributed by atoms with Gasteiger partial charge in [-0.2, -0.15) is 5.10 Å². The molecular weight excluding hydrogens is 498 g/mol. The highest BCUT2D eigenvalue weighted by Gasteiger charge is 2.25. The minimum atomic E-state index is -0.0678. The van der Waals surface area contributed by atoms with Crippen molar-refractivity contribution in [1.29, 1.82) is 0 Å². The maximum absolute atomic E-state index is 13.2. The van der Waals surface area contributed by atoms with E-state index in [2.05, 4.69) is 22.3 Å². The van der Waals surface area contributed by atoms with Crippen molar-refractivity contribution >= 4 is 28.6 Å². The third kappa shape index (κ3) is 5.25. The summed E-state index contributed by atoms with van der Waals surface area (Å²) in [4.78, 5) is 27.5. The number of hydrogen-bond donors (Lipinski definition) is 1. The molecule has 1 aliphatic rings. The molecule has 0 spiro atoms. The first-order valence-electron chi connectivity index (χ1n) is 13.8. The minimum absolute atomic E-state index is 0.0678. The monoisotopic (exact) mass is 531 g/mol. The summed E-state index contributed by atoms with van der Waals surface area (Å²) in [5.74, 6) is 1.64. The number of fused-ring (bicyclic) bond motifs is 1. The van der Waals surface area contributed by atoms with E-state index in [1.54, 1.807) is 0 Å². The molecule has 1 N–H and O–H groups in total. The molecule has 0 unspecified atom stereocenters. The first-order valence-corrected chi connectivity index (χ1v) is 13.8. The van der Waals surface area contributed by atoms with Gasteiger partial charge < -0.3 is 15.1 Å². The van der Waals surface area contributed by atoms with E-state index >= 15 is 0 Å². The molecule has 8 heteroatoms. The number of nitrogens with zero attached hydrogens (tertiary/aromatic N) is 6. The van der Waals surface area contributed by atoms with E-state index in [9.17, 15) is 4.79 Å². The first-order chi connectivity index (χ1) is 19.6. The van der Waals surface area contributed by atoms with Crippen molar-refractivity contribution in [3.05, 3.63) is 108 Å². The molecule has 202 valence electrons. The summed E-state index contributed by atoms with van der Waals surface area (Å²) in [7, 11) is 0. The fraction of sp³-hybridized carbons (Fsp3) is 0.250. The van der Waals surface area contributed by atoms with Gasteiger partial charge in [-0.1, -0.05) is 66.7 Å². The number of rotatable bonds is 5. The number of amides is 2. The quantitative estimate of drug-likeness (QED) is 0.312. The zero-order valence-electron chi connectivity index (χ0n) is 22.9. The highest BCUT2D eigenvalue weighted by molar-refractivity contribution is 5.92. The van der Waals surface area contributed by atoms with Gasteiger partial charge in [0.05, 0.1) is 16.8 Å². The lowest BCUT2D eigenvalue weighted by Gasteiger charge is -2.24. The van der Waals surface area contributed by atoms with Crippen LogP contribution in [0, 0.1) is 13.8 Å². The van der Waals surface area contributed by atoms with E-state index in [0.717, 1.165) is 63.8 Å². The van der Waals surface area contributed by atoms with E-state index in [1.165, 1.54) is 0 Å². The largest absolute Gasteiger partial charge is 0.354 e. The molecule has 8 nitrogen and oxygen atoms in total. The molecule has 3 aromatic carbocycles. The summed E-state index contributed by atoms with van der Waals surface area (Å²) in [5.41, 5.74) is 5.71. The normalized spacial score (nSPS) is 13.8. The van der Waals surface area contributed by atoms with Gasteiger partial charge in [0.25, 0.3) is 0 Å². The van der Waals surface area contributed by atoms with E-state index in [0.29, 0.717) is 26.1 Å². The van der Waals surface area contributed by atoms with Crippen molar-refractivity contribution in [2.75, 3.05) is 36.4 Å². The van der Waals surface area contributed by atoms with E-state index in [-0.39, 0.29) is 6.03 Å². The lowest BCUT2D eigenvalue weighted by molar-refractivity contribution is 0.215. The van der Waals surface area contributed by atoms with Gasteiger partial charge >= 0.3 is 6.03 Å². The number of urea groups is 1. The Morgan fingerprint density at radius 2 is 1.55 bits per heavy atom. The maximum atomic E-state index is 13.2. The van der Waals surface area contributed by atoms with Gasteiger partial charge in [0.15, 0.2) is 5.65 Å². The van der Waals surface area contributed by atoms with Crippen LogP contribution in [-0.2, 0) is 6.42 Å². The van der Waals surface area contributed by atoms with Crippen LogP contribution >= 0.6 is 0 Å². The molecule has 1 saturated heterocycles. The van der Waals surface area contributed by atoms with Crippen LogP contribution in [0.1, 0.15) is 29.1 Å². The number of carbonyl (C=O) groups is 1. The number of benzene rings is 3. The predicted molar refractivity (Wildman–Crippen MR) is 159 cm³/mol. The fourth-order valence-corrected chi connectivity index (χ4v) is 5.28. The number of para-hydroxylation sites is 2. The molecule has 5 aromatic rings. The van der Waals surface area contributed by atoms with Gasteiger partial charge in [0.1, 0.15) is 11.6 Å². The molecule has 2 amide bonds. The molecular formula is C32H33N7O. The van der Waals surface area contributed by atoms with Gasteiger partial charge in [-0.15, -0.1) is 0 Å². The maximum Gasteiger partial charge on any atom is 0.321 e. The summed E-state index contributed by atoms with van der Waals surface area (Å²) in [6, 6.07) is 28.2. The zero-order valence-corrected chi connectivity index (χ0v) is 22.9. The van der Waals surface area contributed by atoms with Gasteiger partial charge in [-0.3, -0.25) is 0 Å². The van der Waals surface area contributed by atoms with Crippen LogP contribution in [0.15, 0.2) is 84.9 Å². The van der Waals surface area contributed by atoms with Crippen molar-refractivity contribution in [1.82, 2.24) is 24.6 Å². The molecule has 3 heterocycles. The Morgan fingerprint density at radius 1 is 0.825 bits per heavy atom. The Kier molecular flexibility index (Phi) is 7.14. The molecule has 1 aliphatic heterocycles.